The molecule has 0 aliphatic rings. The number of sulfonamides is 1. The van der Waals surface area contributed by atoms with Gasteiger partial charge in [0.05, 0.1) is 5.75 Å². The molecule has 0 aromatic heterocycles. The number of hydrogen-bond acceptors (Lipinski definition) is 3. The Labute approximate surface area is 152 Å². The molecule has 0 fully saturated rings. The molecule has 0 radical (unpaired) electrons. The molecule has 0 amide bonds. The van der Waals surface area contributed by atoms with Gasteiger partial charge in [-0.1, -0.05) is 53.5 Å². The van der Waals surface area contributed by atoms with Crippen molar-refractivity contribution in [3.63, 3.8) is 0 Å². The van der Waals surface area contributed by atoms with Gasteiger partial charge in [0.25, 0.3) is 0 Å². The number of ether oxygens (including phenoxy) is 1. The summed E-state index contributed by atoms with van der Waals surface area (Å²) in [5.41, 5.74) is 0.504. The fourth-order valence-corrected chi connectivity index (χ4v) is 3.96. The molecule has 0 heterocycles. The number of halogens is 2. The molecule has 0 aliphatic carbocycles. The van der Waals surface area contributed by atoms with Crippen molar-refractivity contribution < 1.29 is 13.2 Å². The summed E-state index contributed by atoms with van der Waals surface area (Å²) in [5.74, 6) is -0.192. The minimum atomic E-state index is -3.57. The highest BCUT2D eigenvalue weighted by atomic mass is 35.5. The Morgan fingerprint density at radius 2 is 1.83 bits per heavy atom. The average molecular weight is 388 g/mol. The zero-order valence-corrected chi connectivity index (χ0v) is 15.8. The van der Waals surface area contributed by atoms with E-state index in [0.717, 1.165) is 5.56 Å². The second kappa shape index (κ2) is 7.85. The first-order chi connectivity index (χ1) is 11.3. The third kappa shape index (κ3) is 4.94. The molecule has 130 valence electrons. The predicted octanol–water partition coefficient (Wildman–Crippen LogP) is 3.97. The Morgan fingerprint density at radius 1 is 1.12 bits per heavy atom. The van der Waals surface area contributed by atoms with Crippen LogP contribution in [0.2, 0.25) is 10.0 Å². The standard InChI is InChI=1S/C17H19Cl2NO3S/c1-17(23-2,14-7-5-8-15(18)10-14)12-20-24(21,22)11-13-6-3-4-9-16(13)19/h3-10,20H,11-12H2,1-2H3. The fraction of sp³-hybridized carbons (Fsp3) is 0.294. The van der Waals surface area contributed by atoms with Crippen LogP contribution in [0.3, 0.4) is 0 Å². The van der Waals surface area contributed by atoms with Crippen molar-refractivity contribution in [1.82, 2.24) is 4.72 Å². The van der Waals surface area contributed by atoms with Gasteiger partial charge in [-0.15, -0.1) is 0 Å². The van der Waals surface area contributed by atoms with Crippen molar-refractivity contribution >= 4 is 33.2 Å². The molecule has 1 unspecified atom stereocenters. The number of rotatable bonds is 7. The highest BCUT2D eigenvalue weighted by Gasteiger charge is 2.28. The summed E-state index contributed by atoms with van der Waals surface area (Å²) in [7, 11) is -2.03. The van der Waals surface area contributed by atoms with E-state index in [-0.39, 0.29) is 12.3 Å². The van der Waals surface area contributed by atoms with E-state index in [9.17, 15) is 8.42 Å². The highest BCUT2D eigenvalue weighted by Crippen LogP contribution is 2.26. The molecule has 0 saturated carbocycles. The maximum absolute atomic E-state index is 12.4. The molecule has 7 heteroatoms. The van der Waals surface area contributed by atoms with E-state index >= 15 is 0 Å². The first kappa shape index (κ1) is 19.2. The number of methoxy groups -OCH3 is 1. The lowest BCUT2D eigenvalue weighted by atomic mass is 9.96. The van der Waals surface area contributed by atoms with Crippen LogP contribution in [0.25, 0.3) is 0 Å². The van der Waals surface area contributed by atoms with Gasteiger partial charge in [0.15, 0.2) is 0 Å². The van der Waals surface area contributed by atoms with Crippen LogP contribution in [0.15, 0.2) is 48.5 Å². The van der Waals surface area contributed by atoms with E-state index in [2.05, 4.69) is 4.72 Å². The molecule has 2 rings (SSSR count). The van der Waals surface area contributed by atoms with Crippen LogP contribution in [-0.4, -0.2) is 22.1 Å². The Balaban J connectivity index is 2.13. The summed E-state index contributed by atoms with van der Waals surface area (Å²) >= 11 is 12.0. The fourth-order valence-electron chi connectivity index (χ4n) is 2.23. The Morgan fingerprint density at radius 3 is 2.46 bits per heavy atom. The number of hydrogen-bond donors (Lipinski definition) is 1. The Kier molecular flexibility index (Phi) is 6.28. The van der Waals surface area contributed by atoms with Gasteiger partial charge in [0.2, 0.25) is 10.0 Å². The molecule has 2 aromatic carbocycles. The van der Waals surface area contributed by atoms with Gasteiger partial charge in [-0.3, -0.25) is 0 Å². The smallest absolute Gasteiger partial charge is 0.215 e. The molecular formula is C17H19Cl2NO3S. The van der Waals surface area contributed by atoms with Crippen molar-refractivity contribution in [1.29, 1.82) is 0 Å². The monoisotopic (exact) mass is 387 g/mol. The summed E-state index contributed by atoms with van der Waals surface area (Å²) in [6.07, 6.45) is 0. The van der Waals surface area contributed by atoms with Gasteiger partial charge < -0.3 is 4.74 Å². The van der Waals surface area contributed by atoms with E-state index in [1.54, 1.807) is 49.4 Å². The maximum atomic E-state index is 12.4. The average Bonchev–Trinajstić information content (AvgIpc) is 2.55. The second-order valence-corrected chi connectivity index (χ2v) is 8.27. The van der Waals surface area contributed by atoms with E-state index in [1.165, 1.54) is 7.11 Å². The third-order valence-corrected chi connectivity index (χ3v) is 5.70. The molecule has 1 atom stereocenters. The van der Waals surface area contributed by atoms with E-state index < -0.39 is 15.6 Å². The molecule has 0 saturated heterocycles. The molecule has 4 nitrogen and oxygen atoms in total. The van der Waals surface area contributed by atoms with Crippen LogP contribution in [0.1, 0.15) is 18.1 Å². The van der Waals surface area contributed by atoms with Crippen LogP contribution < -0.4 is 4.72 Å². The molecule has 2 aromatic rings. The van der Waals surface area contributed by atoms with Crippen molar-refractivity contribution in [3.05, 3.63) is 69.7 Å². The molecular weight excluding hydrogens is 369 g/mol. The third-order valence-electron chi connectivity index (χ3n) is 3.82. The van der Waals surface area contributed by atoms with Crippen molar-refractivity contribution in [2.45, 2.75) is 18.3 Å². The van der Waals surface area contributed by atoms with Crippen molar-refractivity contribution in [2.24, 2.45) is 0 Å². The minimum Gasteiger partial charge on any atom is -0.372 e. The van der Waals surface area contributed by atoms with Gasteiger partial charge in [-0.2, -0.15) is 0 Å². The summed E-state index contributed by atoms with van der Waals surface area (Å²) in [4.78, 5) is 0. The van der Waals surface area contributed by atoms with Crippen LogP contribution in [0, 0.1) is 0 Å². The first-order valence-corrected chi connectivity index (χ1v) is 9.68. The second-order valence-electron chi connectivity index (χ2n) is 5.62. The highest BCUT2D eigenvalue weighted by molar-refractivity contribution is 7.88. The topological polar surface area (TPSA) is 55.4 Å². The van der Waals surface area contributed by atoms with E-state index in [1.807, 2.05) is 6.07 Å². The summed E-state index contributed by atoms with van der Waals surface area (Å²) in [6, 6.07) is 14.0. The summed E-state index contributed by atoms with van der Waals surface area (Å²) < 4.78 is 32.8. The zero-order chi connectivity index (χ0) is 17.8. The number of nitrogens with one attached hydrogen (secondary N) is 1. The van der Waals surface area contributed by atoms with Gasteiger partial charge in [0, 0.05) is 23.7 Å². The lowest BCUT2D eigenvalue weighted by Gasteiger charge is -2.29. The zero-order valence-electron chi connectivity index (χ0n) is 13.4. The van der Waals surface area contributed by atoms with Gasteiger partial charge in [-0.25, -0.2) is 13.1 Å². The quantitative estimate of drug-likeness (QED) is 0.781. The lowest BCUT2D eigenvalue weighted by Crippen LogP contribution is -2.40. The van der Waals surface area contributed by atoms with Crippen molar-refractivity contribution in [3.8, 4) is 0 Å². The van der Waals surface area contributed by atoms with Gasteiger partial charge in [0.1, 0.15) is 5.60 Å². The maximum Gasteiger partial charge on any atom is 0.215 e. The first-order valence-electron chi connectivity index (χ1n) is 7.28. The lowest BCUT2D eigenvalue weighted by molar-refractivity contribution is 0.00698. The largest absolute Gasteiger partial charge is 0.372 e. The molecule has 0 spiro atoms. The summed E-state index contributed by atoms with van der Waals surface area (Å²) in [5, 5.41) is 0.988. The molecule has 1 N–H and O–H groups in total. The SMILES string of the molecule is COC(C)(CNS(=O)(=O)Cc1ccccc1Cl)c1cccc(Cl)c1. The Bertz CT molecular complexity index is 811. The van der Waals surface area contributed by atoms with Gasteiger partial charge in [-0.05, 0) is 36.2 Å². The van der Waals surface area contributed by atoms with Crippen LogP contribution in [-0.2, 0) is 26.1 Å². The predicted molar refractivity (Wildman–Crippen MR) is 97.9 cm³/mol. The summed E-state index contributed by atoms with van der Waals surface area (Å²) in [6.45, 7) is 1.88. The van der Waals surface area contributed by atoms with Crippen LogP contribution >= 0.6 is 23.2 Å². The molecule has 0 bridgehead atoms. The minimum absolute atomic E-state index is 0.0800. The molecule has 0 aliphatic heterocycles. The van der Waals surface area contributed by atoms with E-state index in [4.69, 9.17) is 27.9 Å². The number of benzene rings is 2. The molecule has 24 heavy (non-hydrogen) atoms. The van der Waals surface area contributed by atoms with Crippen LogP contribution in [0.5, 0.6) is 0 Å². The van der Waals surface area contributed by atoms with E-state index in [0.29, 0.717) is 15.6 Å². The van der Waals surface area contributed by atoms with Gasteiger partial charge >= 0.3 is 0 Å². The Hall–Kier alpha value is -1.11. The van der Waals surface area contributed by atoms with Crippen LogP contribution in [0.4, 0.5) is 0 Å². The normalized spacial score (nSPS) is 14.3. The van der Waals surface area contributed by atoms with Crippen molar-refractivity contribution in [2.75, 3.05) is 13.7 Å².